The van der Waals surface area contributed by atoms with Gasteiger partial charge in [0.2, 0.25) is 10.0 Å². The van der Waals surface area contributed by atoms with E-state index in [2.05, 4.69) is 4.72 Å². The van der Waals surface area contributed by atoms with Gasteiger partial charge in [0.25, 0.3) is 11.8 Å². The number of benzene rings is 2. The maximum Gasteiger partial charge on any atom is 0.338 e. The topological polar surface area (TPSA) is 110 Å². The van der Waals surface area contributed by atoms with Crippen LogP contribution >= 0.6 is 0 Å². The van der Waals surface area contributed by atoms with E-state index < -0.39 is 16.0 Å². The molecule has 1 aliphatic heterocycles. The summed E-state index contributed by atoms with van der Waals surface area (Å²) >= 11 is 0. The van der Waals surface area contributed by atoms with Gasteiger partial charge in [0.05, 0.1) is 28.2 Å². The second-order valence-electron chi connectivity index (χ2n) is 7.13. The van der Waals surface area contributed by atoms with E-state index in [-0.39, 0.29) is 42.0 Å². The van der Waals surface area contributed by atoms with Gasteiger partial charge in [-0.15, -0.1) is 0 Å². The molecule has 2 aromatic rings. The number of nitrogens with zero attached hydrogens (tertiary/aromatic N) is 1. The maximum atomic E-state index is 12.4. The van der Waals surface area contributed by atoms with E-state index in [0.717, 1.165) is 0 Å². The molecule has 1 aliphatic rings. The molecule has 1 N–H and O–H groups in total. The van der Waals surface area contributed by atoms with Crippen LogP contribution in [0.15, 0.2) is 47.4 Å². The van der Waals surface area contributed by atoms with Crippen LogP contribution in [0, 0.1) is 6.92 Å². The number of carbonyl (C=O) groups is 3. The standard InChI is InChI=1S/C22H24N2O6S/c1-3-23-31(28,29)16-11-10-15(2)19(14-16)22(27)30-13-7-6-12-24-20(25)17-8-4-5-9-18(17)21(24)26/h4-5,8-11,14,23H,3,6-7,12-13H2,1-2H3. The van der Waals surface area contributed by atoms with E-state index in [4.69, 9.17) is 4.74 Å². The largest absolute Gasteiger partial charge is 0.462 e. The van der Waals surface area contributed by atoms with Crippen LogP contribution in [-0.2, 0) is 14.8 Å². The molecule has 0 aromatic heterocycles. The van der Waals surface area contributed by atoms with Crippen molar-refractivity contribution >= 4 is 27.8 Å². The predicted molar refractivity (Wildman–Crippen MR) is 113 cm³/mol. The Morgan fingerprint density at radius 2 is 1.68 bits per heavy atom. The number of aryl methyl sites for hydroxylation is 1. The number of ether oxygens (including phenoxy) is 1. The molecule has 8 nitrogen and oxygen atoms in total. The first-order valence-corrected chi connectivity index (χ1v) is 11.5. The number of rotatable bonds is 9. The number of sulfonamides is 1. The molecule has 0 spiro atoms. The first-order chi connectivity index (χ1) is 14.8. The van der Waals surface area contributed by atoms with Crippen molar-refractivity contribution in [1.82, 2.24) is 9.62 Å². The Kier molecular flexibility index (Phi) is 6.87. The van der Waals surface area contributed by atoms with Gasteiger partial charge in [-0.25, -0.2) is 17.9 Å². The number of hydrogen-bond donors (Lipinski definition) is 1. The minimum absolute atomic E-state index is 0.00229. The molecule has 0 saturated heterocycles. The molecule has 0 bridgehead atoms. The molecule has 9 heteroatoms. The van der Waals surface area contributed by atoms with Crippen LogP contribution in [0.1, 0.15) is 56.4 Å². The third-order valence-corrected chi connectivity index (χ3v) is 6.50. The highest BCUT2D eigenvalue weighted by atomic mass is 32.2. The van der Waals surface area contributed by atoms with Crippen molar-refractivity contribution in [2.24, 2.45) is 0 Å². The summed E-state index contributed by atoms with van der Waals surface area (Å²) in [7, 11) is -3.68. The normalized spacial score (nSPS) is 13.4. The summed E-state index contributed by atoms with van der Waals surface area (Å²) in [4.78, 5) is 38.3. The second kappa shape index (κ2) is 9.40. The Balaban J connectivity index is 1.52. The number of carbonyl (C=O) groups excluding carboxylic acids is 3. The van der Waals surface area contributed by atoms with Crippen molar-refractivity contribution in [3.05, 3.63) is 64.7 Å². The van der Waals surface area contributed by atoms with Gasteiger partial charge >= 0.3 is 5.97 Å². The monoisotopic (exact) mass is 444 g/mol. The fourth-order valence-corrected chi connectivity index (χ4v) is 4.39. The molecule has 0 atom stereocenters. The molecule has 0 saturated carbocycles. The van der Waals surface area contributed by atoms with Gasteiger partial charge < -0.3 is 4.74 Å². The summed E-state index contributed by atoms with van der Waals surface area (Å²) in [5.41, 5.74) is 1.59. The van der Waals surface area contributed by atoms with Crippen molar-refractivity contribution in [3.8, 4) is 0 Å². The highest BCUT2D eigenvalue weighted by Crippen LogP contribution is 2.22. The van der Waals surface area contributed by atoms with Crippen LogP contribution in [0.5, 0.6) is 0 Å². The zero-order valence-electron chi connectivity index (χ0n) is 17.4. The molecule has 2 amide bonds. The van der Waals surface area contributed by atoms with Gasteiger partial charge in [-0.1, -0.05) is 25.1 Å². The average molecular weight is 445 g/mol. The number of fused-ring (bicyclic) bond motifs is 1. The van der Waals surface area contributed by atoms with Crippen molar-refractivity contribution < 1.29 is 27.5 Å². The van der Waals surface area contributed by atoms with Crippen LogP contribution < -0.4 is 4.72 Å². The maximum absolute atomic E-state index is 12.4. The van der Waals surface area contributed by atoms with E-state index in [1.54, 1.807) is 44.2 Å². The smallest absolute Gasteiger partial charge is 0.338 e. The molecular weight excluding hydrogens is 420 g/mol. The lowest BCUT2D eigenvalue weighted by Gasteiger charge is -2.14. The highest BCUT2D eigenvalue weighted by Gasteiger charge is 2.34. The summed E-state index contributed by atoms with van der Waals surface area (Å²) < 4.78 is 32.0. The molecule has 31 heavy (non-hydrogen) atoms. The molecule has 0 unspecified atom stereocenters. The Hall–Kier alpha value is -3.04. The van der Waals surface area contributed by atoms with Crippen molar-refractivity contribution in [2.75, 3.05) is 19.7 Å². The zero-order chi connectivity index (χ0) is 22.6. The first kappa shape index (κ1) is 22.6. The van der Waals surface area contributed by atoms with Crippen LogP contribution in [0.3, 0.4) is 0 Å². The fourth-order valence-electron chi connectivity index (χ4n) is 3.32. The summed E-state index contributed by atoms with van der Waals surface area (Å²) in [6, 6.07) is 11.0. The van der Waals surface area contributed by atoms with E-state index >= 15 is 0 Å². The molecule has 0 radical (unpaired) electrons. The van der Waals surface area contributed by atoms with Gasteiger partial charge in [-0.3, -0.25) is 14.5 Å². The predicted octanol–water partition coefficient (Wildman–Crippen LogP) is 2.53. The minimum Gasteiger partial charge on any atom is -0.462 e. The molecule has 3 rings (SSSR count). The van der Waals surface area contributed by atoms with Crippen LogP contribution in [0.2, 0.25) is 0 Å². The van der Waals surface area contributed by atoms with Gasteiger partial charge in [0, 0.05) is 13.1 Å². The lowest BCUT2D eigenvalue weighted by Crippen LogP contribution is -2.30. The number of hydrogen-bond acceptors (Lipinski definition) is 6. The van der Waals surface area contributed by atoms with Crippen LogP contribution in [0.25, 0.3) is 0 Å². The average Bonchev–Trinajstić information content (AvgIpc) is 2.98. The Labute approximate surface area is 181 Å². The fraction of sp³-hybridized carbons (Fsp3) is 0.318. The highest BCUT2D eigenvalue weighted by molar-refractivity contribution is 7.89. The van der Waals surface area contributed by atoms with Crippen molar-refractivity contribution in [1.29, 1.82) is 0 Å². The van der Waals surface area contributed by atoms with Crippen molar-refractivity contribution in [3.63, 3.8) is 0 Å². The van der Waals surface area contributed by atoms with E-state index in [1.165, 1.54) is 17.0 Å². The summed E-state index contributed by atoms with van der Waals surface area (Å²) in [5.74, 6) is -1.24. The van der Waals surface area contributed by atoms with Gasteiger partial charge in [0.1, 0.15) is 0 Å². The molecule has 2 aromatic carbocycles. The zero-order valence-corrected chi connectivity index (χ0v) is 18.2. The number of nitrogens with one attached hydrogen (secondary N) is 1. The summed E-state index contributed by atoms with van der Waals surface area (Å²) in [5, 5.41) is 0. The number of imide groups is 1. The first-order valence-electron chi connectivity index (χ1n) is 9.99. The number of unbranched alkanes of at least 4 members (excludes halogenated alkanes) is 1. The Morgan fingerprint density at radius 3 is 2.29 bits per heavy atom. The quantitative estimate of drug-likeness (QED) is 0.362. The lowest BCUT2D eigenvalue weighted by molar-refractivity contribution is 0.0484. The van der Waals surface area contributed by atoms with Gasteiger partial charge in [-0.05, 0) is 49.6 Å². The number of amides is 2. The molecule has 0 aliphatic carbocycles. The van der Waals surface area contributed by atoms with E-state index in [0.29, 0.717) is 29.5 Å². The number of esters is 1. The van der Waals surface area contributed by atoms with Crippen LogP contribution in [-0.4, -0.2) is 50.8 Å². The minimum atomic E-state index is -3.68. The lowest BCUT2D eigenvalue weighted by atomic mass is 10.1. The van der Waals surface area contributed by atoms with Gasteiger partial charge in [0.15, 0.2) is 0 Å². The van der Waals surface area contributed by atoms with Crippen LogP contribution in [0.4, 0.5) is 0 Å². The van der Waals surface area contributed by atoms with Gasteiger partial charge in [-0.2, -0.15) is 0 Å². The summed E-state index contributed by atoms with van der Waals surface area (Å²) in [6.07, 6.45) is 0.931. The molecular formula is C22H24N2O6S. The molecule has 1 heterocycles. The van der Waals surface area contributed by atoms with E-state index in [1.807, 2.05) is 0 Å². The second-order valence-corrected chi connectivity index (χ2v) is 8.90. The third kappa shape index (κ3) is 4.83. The summed E-state index contributed by atoms with van der Waals surface area (Å²) in [6.45, 7) is 3.93. The van der Waals surface area contributed by atoms with Crippen molar-refractivity contribution in [2.45, 2.75) is 31.6 Å². The molecule has 164 valence electrons. The SMILES string of the molecule is CCNS(=O)(=O)c1ccc(C)c(C(=O)OCCCCN2C(=O)c3ccccc3C2=O)c1. The Bertz CT molecular complexity index is 1090. The Morgan fingerprint density at radius 1 is 1.03 bits per heavy atom. The molecule has 0 fully saturated rings. The van der Waals surface area contributed by atoms with E-state index in [9.17, 15) is 22.8 Å². The third-order valence-electron chi connectivity index (χ3n) is 4.96.